The zero-order valence-electron chi connectivity index (χ0n) is 21.9. The van der Waals surface area contributed by atoms with Crippen molar-refractivity contribution in [2.45, 2.75) is 66.3 Å². The zero-order chi connectivity index (χ0) is 27.2. The van der Waals surface area contributed by atoms with E-state index in [0.717, 1.165) is 38.9 Å². The lowest BCUT2D eigenvalue weighted by Gasteiger charge is -2.30. The number of hydrogen-bond donors (Lipinski definition) is 1. The number of halogens is 2. The number of carbonyl (C=O) groups excluding carboxylic acids is 1. The van der Waals surface area contributed by atoms with Gasteiger partial charge in [0.15, 0.2) is 6.10 Å². The average Bonchev–Trinajstić information content (AvgIpc) is 3.25. The molecule has 37 heavy (non-hydrogen) atoms. The molecule has 0 saturated carbocycles. The molecule has 0 radical (unpaired) electrons. The molecule has 3 aromatic rings. The lowest BCUT2D eigenvalue weighted by Crippen LogP contribution is -2.28. The standard InChI is InChI=1S/C30H31ClFNO4/c1-16-12-20(31)10-11-22(16)25-17(2)23-14-33(28(34)19-8-7-9-21(32)13-19)15-24(23)18(3)26(25)27(29(35)36)37-30(4,5)6/h7-13,27H,14-15H2,1-6H3,(H,35,36)/t27-/m0/s1. The van der Waals surface area contributed by atoms with E-state index in [0.29, 0.717) is 23.7 Å². The number of carbonyl (C=O) groups is 2. The van der Waals surface area contributed by atoms with Crippen LogP contribution < -0.4 is 0 Å². The first-order valence-electron chi connectivity index (χ1n) is 12.1. The quantitative estimate of drug-likeness (QED) is 0.385. The Bertz CT molecular complexity index is 1410. The molecule has 1 amide bonds. The van der Waals surface area contributed by atoms with Crippen molar-refractivity contribution in [3.63, 3.8) is 0 Å². The maximum absolute atomic E-state index is 13.8. The average molecular weight is 524 g/mol. The molecule has 194 valence electrons. The minimum atomic E-state index is -1.22. The van der Waals surface area contributed by atoms with Crippen LogP contribution in [0.5, 0.6) is 0 Å². The first-order chi connectivity index (χ1) is 17.3. The van der Waals surface area contributed by atoms with Gasteiger partial charge in [-0.2, -0.15) is 0 Å². The molecule has 3 aromatic carbocycles. The molecule has 0 aromatic heterocycles. The topological polar surface area (TPSA) is 66.8 Å². The van der Waals surface area contributed by atoms with Gasteiger partial charge in [0.05, 0.1) is 5.60 Å². The number of aryl methyl sites for hydroxylation is 1. The molecular formula is C30H31ClFNO4. The second-order valence-corrected chi connectivity index (χ2v) is 11.0. The molecule has 1 atom stereocenters. The Morgan fingerprint density at radius 2 is 1.68 bits per heavy atom. The van der Waals surface area contributed by atoms with Gasteiger partial charge < -0.3 is 14.7 Å². The van der Waals surface area contributed by atoms with Gasteiger partial charge in [-0.15, -0.1) is 0 Å². The molecule has 4 rings (SSSR count). The van der Waals surface area contributed by atoms with Crippen molar-refractivity contribution < 1.29 is 23.8 Å². The third kappa shape index (κ3) is 5.27. The van der Waals surface area contributed by atoms with E-state index < -0.39 is 23.5 Å². The molecule has 5 nitrogen and oxygen atoms in total. The van der Waals surface area contributed by atoms with Gasteiger partial charge in [0, 0.05) is 29.2 Å². The van der Waals surface area contributed by atoms with E-state index in [4.69, 9.17) is 16.3 Å². The van der Waals surface area contributed by atoms with Crippen molar-refractivity contribution in [1.29, 1.82) is 0 Å². The van der Waals surface area contributed by atoms with Crippen LogP contribution in [0, 0.1) is 26.6 Å². The van der Waals surface area contributed by atoms with Crippen molar-refractivity contribution in [2.24, 2.45) is 0 Å². The fourth-order valence-electron chi connectivity index (χ4n) is 5.14. The molecule has 0 spiro atoms. The predicted octanol–water partition coefficient (Wildman–Crippen LogP) is 7.17. The number of nitrogens with zero attached hydrogens (tertiary/aromatic N) is 1. The molecule has 0 unspecified atom stereocenters. The summed E-state index contributed by atoms with van der Waals surface area (Å²) in [5, 5.41) is 10.9. The van der Waals surface area contributed by atoms with E-state index in [1.54, 1.807) is 17.0 Å². The molecule has 1 aliphatic heterocycles. The van der Waals surface area contributed by atoms with Gasteiger partial charge in [0.2, 0.25) is 0 Å². The molecule has 1 heterocycles. The first kappa shape index (κ1) is 26.8. The van der Waals surface area contributed by atoms with E-state index in [2.05, 4.69) is 0 Å². The fraction of sp³-hybridized carbons (Fsp3) is 0.333. The smallest absolute Gasteiger partial charge is 0.337 e. The maximum atomic E-state index is 13.8. The van der Waals surface area contributed by atoms with Gasteiger partial charge >= 0.3 is 5.97 Å². The van der Waals surface area contributed by atoms with E-state index >= 15 is 0 Å². The summed E-state index contributed by atoms with van der Waals surface area (Å²) >= 11 is 6.24. The molecule has 0 aliphatic carbocycles. The largest absolute Gasteiger partial charge is 0.479 e. The number of carboxylic acids is 1. The van der Waals surface area contributed by atoms with Crippen LogP contribution >= 0.6 is 11.6 Å². The van der Waals surface area contributed by atoms with Crippen LogP contribution in [-0.2, 0) is 22.6 Å². The summed E-state index contributed by atoms with van der Waals surface area (Å²) in [6.07, 6.45) is -1.22. The van der Waals surface area contributed by atoms with Gasteiger partial charge in [0.1, 0.15) is 5.82 Å². The highest BCUT2D eigenvalue weighted by Gasteiger charge is 2.36. The summed E-state index contributed by atoms with van der Waals surface area (Å²) in [5.41, 5.74) is 6.21. The Morgan fingerprint density at radius 3 is 2.24 bits per heavy atom. The second kappa shape index (κ2) is 9.92. The van der Waals surface area contributed by atoms with Gasteiger partial charge in [0.25, 0.3) is 5.91 Å². The predicted molar refractivity (Wildman–Crippen MR) is 142 cm³/mol. The second-order valence-electron chi connectivity index (χ2n) is 10.6. The number of amides is 1. The highest BCUT2D eigenvalue weighted by molar-refractivity contribution is 6.30. The molecule has 1 N–H and O–H groups in total. The summed E-state index contributed by atoms with van der Waals surface area (Å²) in [4.78, 5) is 27.6. The SMILES string of the molecule is Cc1cc(Cl)ccc1-c1c(C)c2c(c(C)c1[C@H](OC(C)(C)C)C(=O)O)CN(C(=O)c1cccc(F)c1)C2. The number of fused-ring (bicyclic) bond motifs is 1. The van der Waals surface area contributed by atoms with Crippen LogP contribution in [0.3, 0.4) is 0 Å². The van der Waals surface area contributed by atoms with Crippen molar-refractivity contribution in [3.8, 4) is 11.1 Å². The Labute approximate surface area is 221 Å². The number of hydrogen-bond acceptors (Lipinski definition) is 3. The molecule has 7 heteroatoms. The number of aliphatic carboxylic acids is 1. The van der Waals surface area contributed by atoms with Gasteiger partial charge in [-0.3, -0.25) is 4.79 Å². The molecule has 0 fully saturated rings. The van der Waals surface area contributed by atoms with E-state index in [1.165, 1.54) is 18.2 Å². The summed E-state index contributed by atoms with van der Waals surface area (Å²) in [5.74, 6) is -1.83. The minimum Gasteiger partial charge on any atom is -0.479 e. The van der Waals surface area contributed by atoms with Crippen LogP contribution in [0.4, 0.5) is 4.39 Å². The van der Waals surface area contributed by atoms with Gasteiger partial charge in [-0.25, -0.2) is 9.18 Å². The van der Waals surface area contributed by atoms with Crippen molar-refractivity contribution in [3.05, 3.63) is 92.2 Å². The zero-order valence-corrected chi connectivity index (χ0v) is 22.7. The number of rotatable bonds is 5. The lowest BCUT2D eigenvalue weighted by atomic mass is 9.82. The normalized spacial score (nSPS) is 14.0. The highest BCUT2D eigenvalue weighted by Crippen LogP contribution is 2.45. The summed E-state index contributed by atoms with van der Waals surface area (Å²) in [6.45, 7) is 11.9. The summed E-state index contributed by atoms with van der Waals surface area (Å²) in [6, 6.07) is 11.2. The summed E-state index contributed by atoms with van der Waals surface area (Å²) in [7, 11) is 0. The van der Waals surface area contributed by atoms with E-state index in [1.807, 2.05) is 53.7 Å². The third-order valence-electron chi connectivity index (χ3n) is 6.79. The van der Waals surface area contributed by atoms with Gasteiger partial charge in [-0.1, -0.05) is 23.7 Å². The number of ether oxygens (including phenoxy) is 1. The third-order valence-corrected chi connectivity index (χ3v) is 7.03. The first-order valence-corrected chi connectivity index (χ1v) is 12.5. The number of carboxylic acid groups (broad SMARTS) is 1. The van der Waals surface area contributed by atoms with Crippen molar-refractivity contribution in [1.82, 2.24) is 4.90 Å². The molecule has 0 saturated heterocycles. The highest BCUT2D eigenvalue weighted by atomic mass is 35.5. The van der Waals surface area contributed by atoms with Crippen LogP contribution in [0.25, 0.3) is 11.1 Å². The molecule has 0 bridgehead atoms. The monoisotopic (exact) mass is 523 g/mol. The Balaban J connectivity index is 1.93. The van der Waals surface area contributed by atoms with E-state index in [9.17, 15) is 19.1 Å². The molecular weight excluding hydrogens is 493 g/mol. The Morgan fingerprint density at radius 1 is 1.03 bits per heavy atom. The molecule has 1 aliphatic rings. The number of benzene rings is 3. The van der Waals surface area contributed by atoms with Gasteiger partial charge in [-0.05, 0) is 111 Å². The van der Waals surface area contributed by atoms with Crippen LogP contribution in [0.2, 0.25) is 5.02 Å². The Kier molecular flexibility index (Phi) is 7.19. The van der Waals surface area contributed by atoms with E-state index in [-0.39, 0.29) is 11.5 Å². The minimum absolute atomic E-state index is 0.275. The fourth-order valence-corrected chi connectivity index (χ4v) is 5.36. The van der Waals surface area contributed by atoms with Crippen LogP contribution in [0.1, 0.15) is 70.6 Å². The van der Waals surface area contributed by atoms with Crippen LogP contribution in [-0.4, -0.2) is 27.5 Å². The van der Waals surface area contributed by atoms with Crippen LogP contribution in [0.15, 0.2) is 42.5 Å². The van der Waals surface area contributed by atoms with Crippen molar-refractivity contribution in [2.75, 3.05) is 0 Å². The van der Waals surface area contributed by atoms with Crippen molar-refractivity contribution >= 4 is 23.5 Å². The Hall–Kier alpha value is -3.22. The summed E-state index contributed by atoms with van der Waals surface area (Å²) < 4.78 is 19.9. The lowest BCUT2D eigenvalue weighted by molar-refractivity contribution is -0.160. The maximum Gasteiger partial charge on any atom is 0.337 e.